The summed E-state index contributed by atoms with van der Waals surface area (Å²) in [5.41, 5.74) is 2.28. The van der Waals surface area contributed by atoms with E-state index in [0.29, 0.717) is 6.61 Å². The molecule has 1 aromatic heterocycles. The lowest BCUT2D eigenvalue weighted by Crippen LogP contribution is -2.42. The quantitative estimate of drug-likeness (QED) is 0.871. The van der Waals surface area contributed by atoms with E-state index in [2.05, 4.69) is 30.2 Å². The predicted molar refractivity (Wildman–Crippen MR) is 76.1 cm³/mol. The van der Waals surface area contributed by atoms with Crippen molar-refractivity contribution in [2.24, 2.45) is 0 Å². The van der Waals surface area contributed by atoms with Gasteiger partial charge in [-0.3, -0.25) is 0 Å². The number of hydrogen-bond donors (Lipinski definition) is 2. The average molecular weight is 267 g/mol. The van der Waals surface area contributed by atoms with Crippen molar-refractivity contribution in [2.45, 2.75) is 25.9 Å². The SMILES string of the molecule is COCC(C)(C)NCc1c[nH]c2cc(Cl)ccc12. The zero-order chi connectivity index (χ0) is 13.2. The Hall–Kier alpha value is -1.03. The summed E-state index contributed by atoms with van der Waals surface area (Å²) in [5, 5.41) is 5.45. The zero-order valence-corrected chi connectivity index (χ0v) is 11.8. The summed E-state index contributed by atoms with van der Waals surface area (Å²) in [4.78, 5) is 3.24. The normalized spacial score (nSPS) is 12.2. The van der Waals surface area contributed by atoms with E-state index in [1.807, 2.05) is 18.3 Å². The first-order valence-electron chi connectivity index (χ1n) is 6.01. The molecule has 0 spiro atoms. The van der Waals surface area contributed by atoms with E-state index in [9.17, 15) is 0 Å². The minimum absolute atomic E-state index is 0.0369. The van der Waals surface area contributed by atoms with Crippen molar-refractivity contribution in [1.29, 1.82) is 0 Å². The highest BCUT2D eigenvalue weighted by Gasteiger charge is 2.17. The zero-order valence-electron chi connectivity index (χ0n) is 11.0. The largest absolute Gasteiger partial charge is 0.383 e. The Kier molecular flexibility index (Phi) is 3.95. The first kappa shape index (κ1) is 13.4. The molecule has 98 valence electrons. The number of H-pyrrole nitrogens is 1. The van der Waals surface area contributed by atoms with Crippen LogP contribution in [0.15, 0.2) is 24.4 Å². The van der Waals surface area contributed by atoms with Crippen LogP contribution in [0.4, 0.5) is 0 Å². The average Bonchev–Trinajstić information content (AvgIpc) is 2.68. The summed E-state index contributed by atoms with van der Waals surface area (Å²) in [6, 6.07) is 5.91. The van der Waals surface area contributed by atoms with Crippen molar-refractivity contribution in [1.82, 2.24) is 10.3 Å². The third-order valence-corrected chi connectivity index (χ3v) is 3.23. The van der Waals surface area contributed by atoms with Crippen LogP contribution in [0.5, 0.6) is 0 Å². The van der Waals surface area contributed by atoms with Crippen molar-refractivity contribution >= 4 is 22.5 Å². The molecule has 0 saturated heterocycles. The molecule has 2 N–H and O–H groups in total. The van der Waals surface area contributed by atoms with E-state index < -0.39 is 0 Å². The molecule has 2 rings (SSSR count). The number of halogens is 1. The maximum Gasteiger partial charge on any atom is 0.0639 e. The van der Waals surface area contributed by atoms with Crippen LogP contribution < -0.4 is 5.32 Å². The van der Waals surface area contributed by atoms with Gasteiger partial charge < -0.3 is 15.0 Å². The van der Waals surface area contributed by atoms with Crippen LogP contribution in [0.25, 0.3) is 10.9 Å². The Morgan fingerprint density at radius 3 is 2.89 bits per heavy atom. The highest BCUT2D eigenvalue weighted by atomic mass is 35.5. The van der Waals surface area contributed by atoms with E-state index in [-0.39, 0.29) is 5.54 Å². The van der Waals surface area contributed by atoms with Crippen molar-refractivity contribution < 1.29 is 4.74 Å². The number of hydrogen-bond acceptors (Lipinski definition) is 2. The van der Waals surface area contributed by atoms with Gasteiger partial charge in [-0.25, -0.2) is 0 Å². The summed E-state index contributed by atoms with van der Waals surface area (Å²) < 4.78 is 5.19. The fourth-order valence-electron chi connectivity index (χ4n) is 2.05. The lowest BCUT2D eigenvalue weighted by molar-refractivity contribution is 0.128. The van der Waals surface area contributed by atoms with Gasteiger partial charge >= 0.3 is 0 Å². The van der Waals surface area contributed by atoms with Gasteiger partial charge in [0.2, 0.25) is 0 Å². The molecule has 0 radical (unpaired) electrons. The minimum atomic E-state index is -0.0369. The molecular formula is C14H19ClN2O. The van der Waals surface area contributed by atoms with Crippen LogP contribution in [0.1, 0.15) is 19.4 Å². The number of aromatic nitrogens is 1. The number of rotatable bonds is 5. The van der Waals surface area contributed by atoms with E-state index >= 15 is 0 Å². The monoisotopic (exact) mass is 266 g/mol. The van der Waals surface area contributed by atoms with Crippen LogP contribution in [-0.2, 0) is 11.3 Å². The lowest BCUT2D eigenvalue weighted by atomic mass is 10.1. The smallest absolute Gasteiger partial charge is 0.0639 e. The molecule has 1 aromatic carbocycles. The van der Waals surface area contributed by atoms with Crippen LogP contribution in [-0.4, -0.2) is 24.2 Å². The van der Waals surface area contributed by atoms with Gasteiger partial charge in [-0.15, -0.1) is 0 Å². The maximum absolute atomic E-state index is 5.97. The Morgan fingerprint density at radius 1 is 1.39 bits per heavy atom. The topological polar surface area (TPSA) is 37.0 Å². The van der Waals surface area contributed by atoms with Crippen LogP contribution in [0.3, 0.4) is 0 Å². The second kappa shape index (κ2) is 5.31. The fourth-order valence-corrected chi connectivity index (χ4v) is 2.22. The van der Waals surface area contributed by atoms with Crippen molar-refractivity contribution in [3.05, 3.63) is 35.0 Å². The number of aromatic amines is 1. The van der Waals surface area contributed by atoms with Gasteiger partial charge in [0, 0.05) is 41.3 Å². The second-order valence-electron chi connectivity index (χ2n) is 5.17. The molecule has 0 aliphatic rings. The summed E-state index contributed by atoms with van der Waals surface area (Å²) in [6.45, 7) is 5.74. The lowest BCUT2D eigenvalue weighted by Gasteiger charge is -2.25. The second-order valence-corrected chi connectivity index (χ2v) is 5.61. The summed E-state index contributed by atoms with van der Waals surface area (Å²) in [5.74, 6) is 0. The van der Waals surface area contributed by atoms with Gasteiger partial charge in [0.05, 0.1) is 6.61 Å². The van der Waals surface area contributed by atoms with Gasteiger partial charge in [0.25, 0.3) is 0 Å². The molecule has 0 atom stereocenters. The van der Waals surface area contributed by atoms with E-state index in [0.717, 1.165) is 17.1 Å². The molecule has 2 aromatic rings. The molecule has 0 unspecified atom stereocenters. The van der Waals surface area contributed by atoms with Crippen LogP contribution in [0, 0.1) is 0 Å². The molecule has 4 heteroatoms. The summed E-state index contributed by atoms with van der Waals surface area (Å²) >= 11 is 5.97. The standard InChI is InChI=1S/C14H19ClN2O/c1-14(2,9-18-3)17-8-10-7-16-13-6-11(15)4-5-12(10)13/h4-7,16-17H,8-9H2,1-3H3. The molecule has 18 heavy (non-hydrogen) atoms. The van der Waals surface area contributed by atoms with Gasteiger partial charge in [0.15, 0.2) is 0 Å². The fraction of sp³-hybridized carbons (Fsp3) is 0.429. The molecule has 0 amide bonds. The number of fused-ring (bicyclic) bond motifs is 1. The van der Waals surface area contributed by atoms with Crippen LogP contribution >= 0.6 is 11.6 Å². The van der Waals surface area contributed by atoms with Crippen LogP contribution in [0.2, 0.25) is 5.02 Å². The van der Waals surface area contributed by atoms with Crippen molar-refractivity contribution in [3.63, 3.8) is 0 Å². The van der Waals surface area contributed by atoms with Crippen molar-refractivity contribution in [3.8, 4) is 0 Å². The third kappa shape index (κ3) is 3.05. The molecule has 0 bridgehead atoms. The molecule has 1 heterocycles. The maximum atomic E-state index is 5.97. The Labute approximate surface area is 112 Å². The van der Waals surface area contributed by atoms with Gasteiger partial charge in [-0.05, 0) is 31.5 Å². The summed E-state index contributed by atoms with van der Waals surface area (Å²) in [7, 11) is 1.72. The number of benzene rings is 1. The van der Waals surface area contributed by atoms with Gasteiger partial charge in [-0.1, -0.05) is 17.7 Å². The Bertz CT molecular complexity index is 534. The first-order chi connectivity index (χ1) is 8.52. The predicted octanol–water partition coefficient (Wildman–Crippen LogP) is 3.34. The minimum Gasteiger partial charge on any atom is -0.383 e. The Morgan fingerprint density at radius 2 is 2.17 bits per heavy atom. The third-order valence-electron chi connectivity index (χ3n) is 2.99. The van der Waals surface area contributed by atoms with Gasteiger partial charge in [0.1, 0.15) is 0 Å². The molecular weight excluding hydrogens is 248 g/mol. The molecule has 3 nitrogen and oxygen atoms in total. The Balaban J connectivity index is 2.13. The molecule has 0 aliphatic heterocycles. The number of ether oxygens (including phenoxy) is 1. The van der Waals surface area contributed by atoms with Crippen molar-refractivity contribution in [2.75, 3.05) is 13.7 Å². The molecule has 0 saturated carbocycles. The molecule has 0 fully saturated rings. The van der Waals surface area contributed by atoms with E-state index in [1.165, 1.54) is 10.9 Å². The highest BCUT2D eigenvalue weighted by molar-refractivity contribution is 6.31. The summed E-state index contributed by atoms with van der Waals surface area (Å²) in [6.07, 6.45) is 2.02. The first-order valence-corrected chi connectivity index (χ1v) is 6.39. The number of nitrogens with one attached hydrogen (secondary N) is 2. The number of methoxy groups -OCH3 is 1. The van der Waals surface area contributed by atoms with E-state index in [1.54, 1.807) is 7.11 Å². The molecule has 0 aliphatic carbocycles. The van der Waals surface area contributed by atoms with Gasteiger partial charge in [-0.2, -0.15) is 0 Å². The highest BCUT2D eigenvalue weighted by Crippen LogP contribution is 2.22. The van der Waals surface area contributed by atoms with E-state index in [4.69, 9.17) is 16.3 Å².